The van der Waals surface area contributed by atoms with Crippen molar-refractivity contribution in [1.82, 2.24) is 9.78 Å². The van der Waals surface area contributed by atoms with E-state index in [1.54, 1.807) is 15.0 Å². The second-order valence-electron chi connectivity index (χ2n) is 9.45. The first-order valence-corrected chi connectivity index (χ1v) is 14.0. The minimum atomic E-state index is -0.715. The number of hydrogen-bond donors (Lipinski definition) is 0. The molecule has 2 radical (unpaired) electrons. The quantitative estimate of drug-likeness (QED) is 0.367. The molecule has 0 aliphatic heterocycles. The zero-order valence-corrected chi connectivity index (χ0v) is 21.2. The van der Waals surface area contributed by atoms with Gasteiger partial charge in [0.2, 0.25) is 0 Å². The maximum absolute atomic E-state index is 5.16. The monoisotopic (exact) mass is 466 g/mol. The van der Waals surface area contributed by atoms with Gasteiger partial charge in [0.25, 0.3) is 0 Å². The molecule has 148 valence electrons. The van der Waals surface area contributed by atoms with E-state index in [4.69, 9.17) is 5.10 Å². The molecule has 0 N–H and O–H groups in total. The van der Waals surface area contributed by atoms with Crippen molar-refractivity contribution in [3.05, 3.63) is 11.3 Å². The summed E-state index contributed by atoms with van der Waals surface area (Å²) in [6, 6.07) is 0. The van der Waals surface area contributed by atoms with Gasteiger partial charge in [0.1, 0.15) is 0 Å². The van der Waals surface area contributed by atoms with E-state index in [0.717, 1.165) is 0 Å². The molecule has 0 bridgehead atoms. The van der Waals surface area contributed by atoms with E-state index in [-0.39, 0.29) is 0 Å². The Morgan fingerprint density at radius 3 is 2.04 bits per heavy atom. The summed E-state index contributed by atoms with van der Waals surface area (Å²) in [5, 5.41) is 5.16. The van der Waals surface area contributed by atoms with E-state index in [0.29, 0.717) is 8.85 Å². The first-order chi connectivity index (χ1) is 12.4. The summed E-state index contributed by atoms with van der Waals surface area (Å²) in [5.41, 5.74) is 3.71. The fourth-order valence-corrected chi connectivity index (χ4v) is 10.3. The number of unbranched alkanes of at least 4 members (excludes halogenated alkanes) is 3. The fourth-order valence-electron chi connectivity index (χ4n) is 4.58. The van der Waals surface area contributed by atoms with Gasteiger partial charge in [-0.05, 0) is 0 Å². The Bertz CT molecular complexity index is 537. The van der Waals surface area contributed by atoms with Crippen LogP contribution >= 0.6 is 0 Å². The molecule has 2 rings (SSSR count). The third kappa shape index (κ3) is 5.75. The molecule has 26 heavy (non-hydrogen) atoms. The molecule has 3 heteroatoms. The molecule has 0 fully saturated rings. The predicted molar refractivity (Wildman–Crippen MR) is 116 cm³/mol. The number of aromatic nitrogens is 2. The fraction of sp³-hybridized carbons (Fsp3) is 0.870. The second kappa shape index (κ2) is 9.98. The van der Waals surface area contributed by atoms with Gasteiger partial charge >= 0.3 is 173 Å². The summed E-state index contributed by atoms with van der Waals surface area (Å²) >= 11 is -0.715. The zero-order valence-electron chi connectivity index (χ0n) is 18.4. The summed E-state index contributed by atoms with van der Waals surface area (Å²) in [7, 11) is 2.20. The molecule has 1 heterocycles. The third-order valence-electron chi connectivity index (χ3n) is 6.38. The molecule has 2 nitrogen and oxygen atoms in total. The second-order valence-corrected chi connectivity index (χ2v) is 14.5. The standard InChI is InChI=1S/C13H27.C10H15N2.Sn/c1-4-7-10-13(11-8-5-2)12-9-6-3;1-10(2)5-4-9-8(6-10)7-11-12(9)3;/h4-12H2,1-3H3;4-6H2,1-3H3;. The summed E-state index contributed by atoms with van der Waals surface area (Å²) in [4.78, 5) is 0. The predicted octanol–water partition coefficient (Wildman–Crippen LogP) is 5.99. The van der Waals surface area contributed by atoms with Crippen LogP contribution in [0.2, 0.25) is 3.43 Å². The van der Waals surface area contributed by atoms with Crippen molar-refractivity contribution < 1.29 is 0 Å². The van der Waals surface area contributed by atoms with Crippen LogP contribution in [0.4, 0.5) is 0 Å². The number of hydrogen-bond acceptors (Lipinski definition) is 1. The van der Waals surface area contributed by atoms with E-state index in [1.807, 2.05) is 0 Å². The van der Waals surface area contributed by atoms with Gasteiger partial charge < -0.3 is 0 Å². The Morgan fingerprint density at radius 2 is 1.54 bits per heavy atom. The molecule has 0 saturated heterocycles. The maximum atomic E-state index is 5.16. The minimum absolute atomic E-state index is 0.461. The van der Waals surface area contributed by atoms with Crippen LogP contribution in [0.25, 0.3) is 0 Å². The van der Waals surface area contributed by atoms with Crippen molar-refractivity contribution in [2.75, 3.05) is 0 Å². The molecule has 0 amide bonds. The molecule has 1 aromatic heterocycles. The molecule has 0 aromatic carbocycles. The van der Waals surface area contributed by atoms with Crippen LogP contribution in [0.15, 0.2) is 0 Å². The first kappa shape index (κ1) is 22.3. The number of fused-ring (bicyclic) bond motifs is 1. The van der Waals surface area contributed by atoms with Crippen LogP contribution < -0.4 is 3.71 Å². The summed E-state index contributed by atoms with van der Waals surface area (Å²) in [6.07, 6.45) is 16.5. The topological polar surface area (TPSA) is 17.8 Å². The van der Waals surface area contributed by atoms with Crippen LogP contribution in [0.1, 0.15) is 110 Å². The normalized spacial score (nSPS) is 16.7. The third-order valence-corrected chi connectivity index (χ3v) is 11.9. The van der Waals surface area contributed by atoms with Crippen molar-refractivity contribution in [3.63, 3.8) is 0 Å². The van der Waals surface area contributed by atoms with Gasteiger partial charge in [-0.15, -0.1) is 0 Å². The van der Waals surface area contributed by atoms with Crippen molar-refractivity contribution >= 4 is 24.9 Å². The van der Waals surface area contributed by atoms with Crippen molar-refractivity contribution in [2.45, 2.75) is 115 Å². The number of rotatable bonds is 11. The van der Waals surface area contributed by atoms with Crippen LogP contribution in [-0.4, -0.2) is 30.9 Å². The van der Waals surface area contributed by atoms with Gasteiger partial charge in [-0.3, -0.25) is 0 Å². The van der Waals surface area contributed by atoms with E-state index in [2.05, 4.69) is 46.3 Å². The Kier molecular flexibility index (Phi) is 8.56. The zero-order chi connectivity index (χ0) is 19.2. The van der Waals surface area contributed by atoms with Crippen molar-refractivity contribution in [1.29, 1.82) is 0 Å². The molecular weight excluding hydrogens is 423 g/mol. The Hall–Kier alpha value is 0.00870. The van der Waals surface area contributed by atoms with E-state index in [1.165, 1.54) is 77.0 Å². The SMILES string of the molecule is CCCC[C](CCCC)(CCCC)[Sn][c]1nn(C)c2c1CC(C)(C)CC2. The molecule has 1 aromatic rings. The van der Waals surface area contributed by atoms with Crippen LogP contribution in [-0.2, 0) is 19.9 Å². The first-order valence-electron chi connectivity index (χ1n) is 11.2. The summed E-state index contributed by atoms with van der Waals surface area (Å²) in [5.74, 6) is 0. The van der Waals surface area contributed by atoms with Gasteiger partial charge in [-0.2, -0.15) is 0 Å². The van der Waals surface area contributed by atoms with Gasteiger partial charge in [0.05, 0.1) is 0 Å². The van der Waals surface area contributed by atoms with Crippen LogP contribution in [0.5, 0.6) is 0 Å². The molecule has 0 atom stereocenters. The Morgan fingerprint density at radius 1 is 1.00 bits per heavy atom. The molecule has 1 aliphatic carbocycles. The summed E-state index contributed by atoms with van der Waals surface area (Å²) in [6.45, 7) is 12.0. The summed E-state index contributed by atoms with van der Waals surface area (Å²) < 4.78 is 4.52. The van der Waals surface area contributed by atoms with E-state index >= 15 is 0 Å². The molecular formula is C23H42N2Sn. The Balaban J connectivity index is 2.31. The van der Waals surface area contributed by atoms with Crippen molar-refractivity contribution in [3.8, 4) is 0 Å². The Labute approximate surface area is 173 Å². The number of aryl methyl sites for hydroxylation is 1. The molecule has 0 unspecified atom stereocenters. The van der Waals surface area contributed by atoms with E-state index in [9.17, 15) is 0 Å². The average Bonchev–Trinajstić information content (AvgIpc) is 2.89. The van der Waals surface area contributed by atoms with E-state index < -0.39 is 21.1 Å². The van der Waals surface area contributed by atoms with Crippen LogP contribution in [0, 0.1) is 5.41 Å². The average molecular weight is 465 g/mol. The number of nitrogens with zero attached hydrogens (tertiary/aromatic N) is 2. The van der Waals surface area contributed by atoms with Gasteiger partial charge in [-0.25, -0.2) is 0 Å². The molecule has 0 saturated carbocycles. The van der Waals surface area contributed by atoms with Gasteiger partial charge in [0.15, 0.2) is 0 Å². The molecule has 0 spiro atoms. The van der Waals surface area contributed by atoms with Crippen molar-refractivity contribution in [2.24, 2.45) is 12.5 Å². The van der Waals surface area contributed by atoms with Crippen LogP contribution in [0.3, 0.4) is 0 Å². The molecule has 1 aliphatic rings. The van der Waals surface area contributed by atoms with Gasteiger partial charge in [-0.1, -0.05) is 0 Å². The van der Waals surface area contributed by atoms with Gasteiger partial charge in [0, 0.05) is 0 Å².